The highest BCUT2D eigenvalue weighted by atomic mass is 32.1. The van der Waals surface area contributed by atoms with Gasteiger partial charge in [0.05, 0.1) is 17.5 Å². The summed E-state index contributed by atoms with van der Waals surface area (Å²) in [6.45, 7) is 5.43. The molecule has 0 saturated carbocycles. The summed E-state index contributed by atoms with van der Waals surface area (Å²) in [6.07, 6.45) is 4.87. The molecule has 30 heavy (non-hydrogen) atoms. The fraction of sp³-hybridized carbons (Fsp3) is 0.190. The van der Waals surface area contributed by atoms with Gasteiger partial charge in [-0.1, -0.05) is 12.1 Å². The third-order valence-corrected chi connectivity index (χ3v) is 5.76. The summed E-state index contributed by atoms with van der Waals surface area (Å²) in [4.78, 5) is 26.3. The predicted molar refractivity (Wildman–Crippen MR) is 112 cm³/mol. The molecule has 0 spiro atoms. The number of nitrogens with zero attached hydrogens (tertiary/aromatic N) is 4. The van der Waals surface area contributed by atoms with E-state index >= 15 is 0 Å². The Labute approximate surface area is 176 Å². The van der Waals surface area contributed by atoms with Crippen molar-refractivity contribution in [2.24, 2.45) is 0 Å². The number of hydrogen-bond donors (Lipinski definition) is 1. The van der Waals surface area contributed by atoms with E-state index in [1.54, 1.807) is 23.6 Å². The number of halogens is 1. The second-order valence-corrected chi connectivity index (χ2v) is 7.73. The number of pyridine rings is 2. The van der Waals surface area contributed by atoms with Crippen LogP contribution in [-0.4, -0.2) is 26.0 Å². The Morgan fingerprint density at radius 2 is 2.07 bits per heavy atom. The number of anilines is 1. The van der Waals surface area contributed by atoms with Crippen LogP contribution in [-0.2, 0) is 6.42 Å². The molecule has 4 aromatic heterocycles. The molecule has 9 heteroatoms. The molecule has 0 radical (unpaired) electrons. The molecule has 1 amide bonds. The lowest BCUT2D eigenvalue weighted by Gasteiger charge is -2.08. The average Bonchev–Trinajstić information content (AvgIpc) is 3.36. The zero-order chi connectivity index (χ0) is 21.3. The second kappa shape index (κ2) is 8.11. The molecule has 0 aliphatic heterocycles. The van der Waals surface area contributed by atoms with Gasteiger partial charge in [-0.3, -0.25) is 9.78 Å². The van der Waals surface area contributed by atoms with E-state index in [-0.39, 0.29) is 11.1 Å². The molecule has 4 aromatic rings. The highest BCUT2D eigenvalue weighted by Gasteiger charge is 2.17. The van der Waals surface area contributed by atoms with Gasteiger partial charge >= 0.3 is 0 Å². The fourth-order valence-corrected chi connectivity index (χ4v) is 3.89. The van der Waals surface area contributed by atoms with Gasteiger partial charge in [-0.2, -0.15) is 0 Å². The second-order valence-electron chi connectivity index (χ2n) is 6.65. The first-order valence-corrected chi connectivity index (χ1v) is 10.1. The normalized spacial score (nSPS) is 10.9. The number of hydrogen-bond acceptors (Lipinski definition) is 7. The average molecular weight is 423 g/mol. The van der Waals surface area contributed by atoms with E-state index < -0.39 is 11.7 Å². The van der Waals surface area contributed by atoms with Crippen molar-refractivity contribution in [2.75, 3.05) is 5.32 Å². The summed E-state index contributed by atoms with van der Waals surface area (Å²) in [6, 6.07) is 5.38. The van der Waals surface area contributed by atoms with Crippen molar-refractivity contribution in [3.8, 4) is 22.0 Å². The zero-order valence-corrected chi connectivity index (χ0v) is 17.4. The molecule has 0 unspecified atom stereocenters. The molecule has 4 rings (SSSR count). The van der Waals surface area contributed by atoms with Crippen molar-refractivity contribution in [1.82, 2.24) is 20.1 Å². The maximum absolute atomic E-state index is 13.6. The van der Waals surface area contributed by atoms with Crippen LogP contribution >= 0.6 is 11.3 Å². The van der Waals surface area contributed by atoms with E-state index in [0.717, 1.165) is 39.5 Å². The summed E-state index contributed by atoms with van der Waals surface area (Å²) < 4.78 is 18.8. The van der Waals surface area contributed by atoms with Gasteiger partial charge in [0, 0.05) is 34.5 Å². The minimum atomic E-state index is -0.528. The van der Waals surface area contributed by atoms with Gasteiger partial charge in [-0.05, 0) is 32.4 Å². The van der Waals surface area contributed by atoms with Crippen molar-refractivity contribution in [2.45, 2.75) is 27.2 Å². The number of nitrogens with one attached hydrogen (secondary N) is 1. The van der Waals surface area contributed by atoms with E-state index in [1.807, 2.05) is 19.1 Å². The molecule has 0 aliphatic carbocycles. The minimum absolute atomic E-state index is 0.168. The zero-order valence-electron chi connectivity index (χ0n) is 16.6. The molecule has 152 valence electrons. The molecule has 0 aliphatic rings. The maximum atomic E-state index is 13.6. The van der Waals surface area contributed by atoms with Crippen LogP contribution in [0.5, 0.6) is 0 Å². The summed E-state index contributed by atoms with van der Waals surface area (Å²) in [5.41, 5.74) is 2.77. The number of rotatable bonds is 5. The Hall–Kier alpha value is -3.46. The van der Waals surface area contributed by atoms with E-state index in [4.69, 9.17) is 9.51 Å². The van der Waals surface area contributed by atoms with Crippen molar-refractivity contribution >= 4 is 23.1 Å². The highest BCUT2D eigenvalue weighted by Crippen LogP contribution is 2.34. The lowest BCUT2D eigenvalue weighted by molar-refractivity contribution is 0.102. The first-order chi connectivity index (χ1) is 14.5. The number of thiazole rings is 1. The molecule has 0 fully saturated rings. The first-order valence-electron chi connectivity index (χ1n) is 9.27. The fourth-order valence-electron chi connectivity index (χ4n) is 2.91. The highest BCUT2D eigenvalue weighted by molar-refractivity contribution is 7.15. The third kappa shape index (κ3) is 3.84. The van der Waals surface area contributed by atoms with Gasteiger partial charge in [0.1, 0.15) is 28.1 Å². The molecule has 0 aromatic carbocycles. The summed E-state index contributed by atoms with van der Waals surface area (Å²) >= 11 is 1.56. The van der Waals surface area contributed by atoms with Crippen molar-refractivity contribution < 1.29 is 13.7 Å². The topological polar surface area (TPSA) is 93.8 Å². The predicted octanol–water partition coefficient (Wildman–Crippen LogP) is 4.83. The van der Waals surface area contributed by atoms with Crippen LogP contribution in [0.3, 0.4) is 0 Å². The molecule has 4 heterocycles. The largest absolute Gasteiger partial charge is 0.361 e. The molecular weight excluding hydrogens is 405 g/mol. The quantitative estimate of drug-likeness (QED) is 0.494. The van der Waals surface area contributed by atoms with E-state index in [1.165, 1.54) is 13.1 Å². The summed E-state index contributed by atoms with van der Waals surface area (Å²) in [7, 11) is 0. The lowest BCUT2D eigenvalue weighted by atomic mass is 10.1. The van der Waals surface area contributed by atoms with Crippen LogP contribution in [0, 0.1) is 19.7 Å². The van der Waals surface area contributed by atoms with Crippen molar-refractivity contribution in [3.63, 3.8) is 0 Å². The van der Waals surface area contributed by atoms with Gasteiger partial charge in [0.15, 0.2) is 0 Å². The van der Waals surface area contributed by atoms with E-state index in [9.17, 15) is 9.18 Å². The Morgan fingerprint density at radius 1 is 1.23 bits per heavy atom. The Kier molecular flexibility index (Phi) is 5.37. The van der Waals surface area contributed by atoms with Crippen LogP contribution in [0.15, 0.2) is 41.3 Å². The van der Waals surface area contributed by atoms with Gasteiger partial charge in [-0.25, -0.2) is 14.4 Å². The Balaban J connectivity index is 1.57. The minimum Gasteiger partial charge on any atom is -0.361 e. The number of aromatic nitrogens is 4. The number of aryl methyl sites for hydroxylation is 2. The monoisotopic (exact) mass is 423 g/mol. The molecular formula is C21H18FN5O2S. The van der Waals surface area contributed by atoms with Gasteiger partial charge < -0.3 is 9.84 Å². The van der Waals surface area contributed by atoms with Gasteiger partial charge in [0.2, 0.25) is 0 Å². The third-order valence-electron chi connectivity index (χ3n) is 4.54. The van der Waals surface area contributed by atoms with Crippen molar-refractivity contribution in [1.29, 1.82) is 0 Å². The SMILES string of the molecule is CCc1sc(-c2cc(C)on2)nc1-c1ccc(NC(=O)c2cncc(F)c2C)nc1. The van der Waals surface area contributed by atoms with Crippen LogP contribution in [0.25, 0.3) is 22.0 Å². The Morgan fingerprint density at radius 3 is 2.73 bits per heavy atom. The van der Waals surface area contributed by atoms with Gasteiger partial charge in [-0.15, -0.1) is 11.3 Å². The lowest BCUT2D eigenvalue weighted by Crippen LogP contribution is -2.15. The Bertz CT molecular complexity index is 1220. The van der Waals surface area contributed by atoms with E-state index in [2.05, 4.69) is 27.4 Å². The molecule has 0 bridgehead atoms. The maximum Gasteiger partial charge on any atom is 0.258 e. The van der Waals surface area contributed by atoms with Gasteiger partial charge in [0.25, 0.3) is 5.91 Å². The molecule has 1 N–H and O–H groups in total. The van der Waals surface area contributed by atoms with E-state index in [0.29, 0.717) is 11.5 Å². The number of carbonyl (C=O) groups excluding carboxylic acids is 1. The summed E-state index contributed by atoms with van der Waals surface area (Å²) in [5, 5.41) is 7.49. The number of carbonyl (C=O) groups is 1. The van der Waals surface area contributed by atoms with Crippen LogP contribution in [0.2, 0.25) is 0 Å². The smallest absolute Gasteiger partial charge is 0.258 e. The van der Waals surface area contributed by atoms with Crippen molar-refractivity contribution in [3.05, 3.63) is 64.4 Å². The molecule has 7 nitrogen and oxygen atoms in total. The first kappa shape index (κ1) is 19.8. The standard InChI is InChI=1S/C21H18FN5O2S/c1-4-17-19(26-21(30-17)16-7-11(2)29-27-16)13-5-6-18(24-8-13)25-20(28)14-9-23-10-15(22)12(14)3/h5-10H,4H2,1-3H3,(H,24,25,28). The van der Waals surface area contributed by atoms with Crippen LogP contribution in [0.1, 0.15) is 33.5 Å². The number of amides is 1. The molecule has 0 saturated heterocycles. The van der Waals surface area contributed by atoms with Crippen LogP contribution in [0.4, 0.5) is 10.2 Å². The molecule has 0 atom stereocenters. The van der Waals surface area contributed by atoms with Crippen LogP contribution < -0.4 is 5.32 Å². The summed E-state index contributed by atoms with van der Waals surface area (Å²) in [5.74, 6) is 0.0874.